The maximum atomic E-state index is 10.9. The number of aliphatic hydroxyl groups excluding tert-OH is 6. The first-order valence-corrected chi connectivity index (χ1v) is 14.3. The van der Waals surface area contributed by atoms with E-state index in [1.54, 1.807) is 48.5 Å². The number of rotatable bonds is 14. The van der Waals surface area contributed by atoms with Crippen LogP contribution in [0, 0.1) is 0 Å². The van der Waals surface area contributed by atoms with Crippen molar-refractivity contribution < 1.29 is 64.9 Å². The molecule has 0 aromatic heterocycles. The van der Waals surface area contributed by atoms with Crippen molar-refractivity contribution in [1.29, 1.82) is 0 Å². The molecule has 13 heteroatoms. The van der Waals surface area contributed by atoms with E-state index >= 15 is 0 Å². The molecule has 2 aromatic rings. The smallest absolute Gasteiger partial charge is 0.186 e. The molecule has 0 saturated carbocycles. The van der Waals surface area contributed by atoms with E-state index < -0.39 is 74.1 Å². The molecule has 43 heavy (non-hydrogen) atoms. The molecule has 2 aliphatic rings. The maximum Gasteiger partial charge on any atom is 0.186 e. The summed E-state index contributed by atoms with van der Waals surface area (Å²) in [6, 6.07) is 13.3. The third-order valence-electron chi connectivity index (χ3n) is 7.93. The van der Waals surface area contributed by atoms with Crippen molar-refractivity contribution in [3.63, 3.8) is 0 Å². The molecule has 2 fully saturated rings. The SMILES string of the molecule is OC[C@@]1(O)CO[C@@H](OC[C@H]2O[C@@H](OC(CCc3ccc(O)cc3)CC(O)CCc3ccc(O)cc3)[C@H](O)[C@@H](O)[C@@H]2O)[C@@H]1O. The van der Waals surface area contributed by atoms with Gasteiger partial charge in [0.2, 0.25) is 0 Å². The van der Waals surface area contributed by atoms with E-state index in [9.17, 15) is 46.0 Å². The summed E-state index contributed by atoms with van der Waals surface area (Å²) in [6.07, 6.45) is -9.93. The Hall–Kier alpha value is -2.40. The summed E-state index contributed by atoms with van der Waals surface area (Å²) in [7, 11) is 0. The zero-order chi connectivity index (χ0) is 31.1. The minimum absolute atomic E-state index is 0.122. The maximum absolute atomic E-state index is 10.9. The molecule has 2 aliphatic heterocycles. The van der Waals surface area contributed by atoms with Gasteiger partial charge in [-0.05, 0) is 67.5 Å². The second-order valence-electron chi connectivity index (χ2n) is 11.3. The molecule has 0 spiro atoms. The monoisotopic (exact) mass is 610 g/mol. The van der Waals surface area contributed by atoms with Crippen LogP contribution in [-0.4, -0.2) is 127 Å². The Balaban J connectivity index is 1.39. The number of hydrogen-bond donors (Lipinski definition) is 9. The van der Waals surface area contributed by atoms with Crippen LogP contribution >= 0.6 is 0 Å². The summed E-state index contributed by atoms with van der Waals surface area (Å²) in [4.78, 5) is 0. The second-order valence-corrected chi connectivity index (χ2v) is 11.3. The number of phenols is 2. The number of aromatic hydroxyl groups is 2. The largest absolute Gasteiger partial charge is 0.508 e. The minimum Gasteiger partial charge on any atom is -0.508 e. The van der Waals surface area contributed by atoms with Gasteiger partial charge in [0, 0.05) is 0 Å². The zero-order valence-corrected chi connectivity index (χ0v) is 23.6. The van der Waals surface area contributed by atoms with Gasteiger partial charge in [-0.25, -0.2) is 0 Å². The second kappa shape index (κ2) is 15.1. The Morgan fingerprint density at radius 2 is 1.40 bits per heavy atom. The highest BCUT2D eigenvalue weighted by Crippen LogP contribution is 2.29. The molecule has 9 N–H and O–H groups in total. The number of hydrogen-bond acceptors (Lipinski definition) is 13. The van der Waals surface area contributed by atoms with E-state index in [4.69, 9.17) is 18.9 Å². The van der Waals surface area contributed by atoms with Crippen molar-refractivity contribution >= 4 is 0 Å². The lowest BCUT2D eigenvalue weighted by molar-refractivity contribution is -0.320. The molecule has 2 unspecified atom stereocenters. The van der Waals surface area contributed by atoms with Crippen LogP contribution in [0.2, 0.25) is 0 Å². The topological polar surface area (TPSA) is 219 Å². The fourth-order valence-electron chi connectivity index (χ4n) is 5.13. The predicted octanol–water partition coefficient (Wildman–Crippen LogP) is -0.936. The van der Waals surface area contributed by atoms with Crippen molar-refractivity contribution in [3.8, 4) is 11.5 Å². The van der Waals surface area contributed by atoms with Gasteiger partial charge in [-0.3, -0.25) is 0 Å². The summed E-state index contributed by atoms with van der Waals surface area (Å²) in [5, 5.41) is 91.4. The summed E-state index contributed by atoms with van der Waals surface area (Å²) in [5.74, 6) is 0.268. The molecule has 2 saturated heterocycles. The highest BCUT2D eigenvalue weighted by atomic mass is 16.7. The average Bonchev–Trinajstić information content (AvgIpc) is 3.29. The lowest BCUT2D eigenvalue weighted by Crippen LogP contribution is -2.60. The Kier molecular flexibility index (Phi) is 11.7. The van der Waals surface area contributed by atoms with Crippen LogP contribution in [0.3, 0.4) is 0 Å². The van der Waals surface area contributed by atoms with Gasteiger partial charge in [-0.1, -0.05) is 24.3 Å². The van der Waals surface area contributed by atoms with Gasteiger partial charge < -0.3 is 64.9 Å². The summed E-state index contributed by atoms with van der Waals surface area (Å²) >= 11 is 0. The molecule has 0 amide bonds. The van der Waals surface area contributed by atoms with Crippen LogP contribution in [0.1, 0.15) is 30.4 Å². The molecule has 4 rings (SSSR count). The molecular weight excluding hydrogens is 568 g/mol. The van der Waals surface area contributed by atoms with Crippen molar-refractivity contribution in [1.82, 2.24) is 0 Å². The Labute approximate surface area is 249 Å². The van der Waals surface area contributed by atoms with E-state index in [2.05, 4.69) is 0 Å². The van der Waals surface area contributed by atoms with Gasteiger partial charge in [0.05, 0.1) is 32.0 Å². The average molecular weight is 611 g/mol. The molecule has 13 nitrogen and oxygen atoms in total. The van der Waals surface area contributed by atoms with Gasteiger partial charge in [0.25, 0.3) is 0 Å². The van der Waals surface area contributed by atoms with Crippen molar-refractivity contribution in [2.75, 3.05) is 19.8 Å². The first-order valence-electron chi connectivity index (χ1n) is 14.3. The summed E-state index contributed by atoms with van der Waals surface area (Å²) in [6.45, 7) is -1.56. The van der Waals surface area contributed by atoms with Gasteiger partial charge in [-0.15, -0.1) is 0 Å². The van der Waals surface area contributed by atoms with Crippen LogP contribution < -0.4 is 0 Å². The molecule has 10 atom stereocenters. The number of phenolic OH excluding ortho intramolecular Hbond substituents is 2. The summed E-state index contributed by atoms with van der Waals surface area (Å²) < 4.78 is 22.5. The van der Waals surface area contributed by atoms with Crippen molar-refractivity contribution in [3.05, 3.63) is 59.7 Å². The van der Waals surface area contributed by atoms with E-state index in [1.807, 2.05) is 0 Å². The molecule has 0 bridgehead atoms. The van der Waals surface area contributed by atoms with Crippen LogP contribution in [0.25, 0.3) is 0 Å². The molecular formula is C30H42O13. The molecule has 0 aliphatic carbocycles. The van der Waals surface area contributed by atoms with Crippen molar-refractivity contribution in [2.24, 2.45) is 0 Å². The van der Waals surface area contributed by atoms with E-state index in [-0.39, 0.29) is 24.5 Å². The van der Waals surface area contributed by atoms with Crippen LogP contribution in [0.4, 0.5) is 0 Å². The number of benzene rings is 2. The van der Waals surface area contributed by atoms with Crippen molar-refractivity contribution in [2.45, 2.75) is 93.0 Å². The lowest BCUT2D eigenvalue weighted by Gasteiger charge is -2.41. The van der Waals surface area contributed by atoms with E-state index in [0.29, 0.717) is 25.7 Å². The number of aliphatic hydroxyl groups is 7. The fourth-order valence-corrected chi connectivity index (χ4v) is 5.13. The van der Waals surface area contributed by atoms with Gasteiger partial charge in [0.15, 0.2) is 12.6 Å². The Morgan fingerprint density at radius 3 is 1.95 bits per heavy atom. The van der Waals surface area contributed by atoms with Crippen LogP contribution in [0.5, 0.6) is 11.5 Å². The molecule has 240 valence electrons. The third-order valence-corrected chi connectivity index (χ3v) is 7.93. The molecule has 2 heterocycles. The predicted molar refractivity (Wildman–Crippen MR) is 149 cm³/mol. The molecule has 2 aromatic carbocycles. The third kappa shape index (κ3) is 8.84. The van der Waals surface area contributed by atoms with Gasteiger partial charge in [-0.2, -0.15) is 0 Å². The first kappa shape index (κ1) is 33.5. The molecule has 0 radical (unpaired) electrons. The standard InChI is InChI=1S/C30H42O13/c31-15-30(39)16-41-29(27(30)38)40-14-23-24(35)25(36)26(37)28(43-23)42-22(12-6-18-3-9-20(33)10-4-18)13-21(34)11-5-17-1-7-19(32)8-2-17/h1-4,7-10,21-29,31-39H,5-6,11-16H2/t21?,22?,23-,24-,25+,26-,27+,28-,29-,30-/m1/s1. The minimum atomic E-state index is -1.91. The summed E-state index contributed by atoms with van der Waals surface area (Å²) in [5.41, 5.74) is -0.0840. The first-order chi connectivity index (χ1) is 20.5. The highest BCUT2D eigenvalue weighted by molar-refractivity contribution is 5.26. The van der Waals surface area contributed by atoms with E-state index in [1.165, 1.54) is 0 Å². The number of ether oxygens (including phenoxy) is 4. The van der Waals surface area contributed by atoms with Gasteiger partial charge >= 0.3 is 0 Å². The van der Waals surface area contributed by atoms with Crippen LogP contribution in [0.15, 0.2) is 48.5 Å². The van der Waals surface area contributed by atoms with Crippen LogP contribution in [-0.2, 0) is 31.8 Å². The Bertz CT molecular complexity index is 1120. The number of aryl methyl sites for hydroxylation is 2. The Morgan fingerprint density at radius 1 is 0.814 bits per heavy atom. The van der Waals surface area contributed by atoms with E-state index in [0.717, 1.165) is 11.1 Å². The zero-order valence-electron chi connectivity index (χ0n) is 23.6. The quantitative estimate of drug-likeness (QED) is 0.126. The normalized spacial score (nSPS) is 32.5. The highest BCUT2D eigenvalue weighted by Gasteiger charge is 2.50. The fraction of sp³-hybridized carbons (Fsp3) is 0.600. The van der Waals surface area contributed by atoms with Gasteiger partial charge in [0.1, 0.15) is 47.6 Å². The lowest BCUT2D eigenvalue weighted by atomic mass is 9.97.